The average molecular weight is 440 g/mol. The number of nitrogens with two attached hydrogens (primary N) is 2. The summed E-state index contributed by atoms with van der Waals surface area (Å²) in [7, 11) is -3.70. The molecule has 2 rings (SSSR count). The van der Waals surface area contributed by atoms with E-state index >= 15 is 0 Å². The standard InChI is InChI=1S/C21H33N3O5S/c1-12-13(2)19(14(3)15-8-9-21(4,5)29-18(12)15)30(27,28)11-17(23)24-10-6-7-16(22)20(25)26/h16H,6-11,22H2,1-5H3,(H2,23,24)(H,25,26)/t16-/m0/s1. The van der Waals surface area contributed by atoms with Crippen LogP contribution in [0.1, 0.15) is 55.4 Å². The molecule has 0 radical (unpaired) electrons. The predicted molar refractivity (Wildman–Crippen MR) is 117 cm³/mol. The van der Waals surface area contributed by atoms with E-state index < -0.39 is 21.8 Å². The third kappa shape index (κ3) is 5.31. The average Bonchev–Trinajstić information content (AvgIpc) is 2.61. The molecule has 1 atom stereocenters. The second-order valence-corrected chi connectivity index (χ2v) is 10.5. The van der Waals surface area contributed by atoms with E-state index in [0.717, 1.165) is 29.7 Å². The summed E-state index contributed by atoms with van der Waals surface area (Å²) in [6.45, 7) is 9.79. The Kier molecular flexibility index (Phi) is 7.19. The maximum atomic E-state index is 13.2. The zero-order chi connectivity index (χ0) is 22.9. The molecule has 0 bridgehead atoms. The summed E-state index contributed by atoms with van der Waals surface area (Å²) in [5.41, 5.74) is 14.2. The van der Waals surface area contributed by atoms with Crippen molar-refractivity contribution in [2.24, 2.45) is 16.5 Å². The van der Waals surface area contributed by atoms with Gasteiger partial charge in [0.1, 0.15) is 29.0 Å². The molecule has 30 heavy (non-hydrogen) atoms. The Bertz CT molecular complexity index is 968. The van der Waals surface area contributed by atoms with Crippen LogP contribution >= 0.6 is 0 Å². The van der Waals surface area contributed by atoms with Crippen LogP contribution in [0.4, 0.5) is 0 Å². The molecule has 168 valence electrons. The maximum absolute atomic E-state index is 13.2. The maximum Gasteiger partial charge on any atom is 0.320 e. The normalized spacial score (nSPS) is 17.2. The van der Waals surface area contributed by atoms with E-state index in [0.29, 0.717) is 22.4 Å². The highest BCUT2D eigenvalue weighted by Crippen LogP contribution is 2.42. The van der Waals surface area contributed by atoms with Crippen molar-refractivity contribution in [2.75, 3.05) is 12.3 Å². The first kappa shape index (κ1) is 24.1. The molecule has 1 aromatic carbocycles. The van der Waals surface area contributed by atoms with Gasteiger partial charge in [0.2, 0.25) is 0 Å². The molecular formula is C21H33N3O5S. The molecule has 0 unspecified atom stereocenters. The molecule has 0 saturated heterocycles. The highest BCUT2D eigenvalue weighted by atomic mass is 32.2. The van der Waals surface area contributed by atoms with Crippen LogP contribution in [0.25, 0.3) is 0 Å². The Balaban J connectivity index is 2.25. The molecule has 9 heteroatoms. The lowest BCUT2D eigenvalue weighted by molar-refractivity contribution is -0.138. The number of aliphatic carboxylic acids is 1. The lowest BCUT2D eigenvalue weighted by atomic mass is 9.88. The molecule has 1 aromatic rings. The second-order valence-electron chi connectivity index (χ2n) is 8.59. The summed E-state index contributed by atoms with van der Waals surface area (Å²) in [6.07, 6.45) is 2.23. The quantitative estimate of drug-likeness (QED) is 0.319. The van der Waals surface area contributed by atoms with Gasteiger partial charge >= 0.3 is 5.97 Å². The summed E-state index contributed by atoms with van der Waals surface area (Å²) < 4.78 is 32.5. The number of carbonyl (C=O) groups is 1. The smallest absolute Gasteiger partial charge is 0.320 e. The van der Waals surface area contributed by atoms with Crippen molar-refractivity contribution >= 4 is 21.6 Å². The molecule has 0 fully saturated rings. The van der Waals surface area contributed by atoms with Gasteiger partial charge in [-0.15, -0.1) is 0 Å². The first-order chi connectivity index (χ1) is 13.8. The fraction of sp³-hybridized carbons (Fsp3) is 0.619. The van der Waals surface area contributed by atoms with E-state index in [2.05, 4.69) is 4.99 Å². The van der Waals surface area contributed by atoms with Crippen molar-refractivity contribution < 1.29 is 23.1 Å². The van der Waals surface area contributed by atoms with Gasteiger partial charge in [-0.05, 0) is 82.6 Å². The van der Waals surface area contributed by atoms with E-state index in [1.54, 1.807) is 6.92 Å². The molecule has 1 heterocycles. The van der Waals surface area contributed by atoms with Crippen LogP contribution in [0, 0.1) is 20.8 Å². The summed E-state index contributed by atoms with van der Waals surface area (Å²) in [6, 6.07) is -0.957. The minimum atomic E-state index is -3.70. The minimum Gasteiger partial charge on any atom is -0.487 e. The third-order valence-electron chi connectivity index (χ3n) is 5.62. The molecule has 0 amide bonds. The van der Waals surface area contributed by atoms with Gasteiger partial charge in [0, 0.05) is 6.54 Å². The number of sulfone groups is 1. The van der Waals surface area contributed by atoms with Crippen molar-refractivity contribution in [3.8, 4) is 5.75 Å². The molecule has 5 N–H and O–H groups in total. The molecule has 0 spiro atoms. The number of benzene rings is 1. The largest absolute Gasteiger partial charge is 0.487 e. The van der Waals surface area contributed by atoms with Gasteiger partial charge in [0.05, 0.1) is 4.90 Å². The van der Waals surface area contributed by atoms with Gasteiger partial charge in [-0.3, -0.25) is 9.79 Å². The predicted octanol–water partition coefficient (Wildman–Crippen LogP) is 2.04. The Morgan fingerprint density at radius 3 is 2.47 bits per heavy atom. The van der Waals surface area contributed by atoms with Gasteiger partial charge in [0.15, 0.2) is 9.84 Å². The molecule has 1 aliphatic rings. The number of aliphatic imine (C=N–C) groups is 1. The van der Waals surface area contributed by atoms with Crippen LogP contribution in [-0.2, 0) is 21.1 Å². The van der Waals surface area contributed by atoms with Crippen LogP contribution in [0.15, 0.2) is 9.89 Å². The number of hydrogen-bond acceptors (Lipinski definition) is 6. The number of carboxylic acid groups (broad SMARTS) is 1. The SMILES string of the molecule is Cc1c(C)c(S(=O)(=O)CC(N)=NCCC[C@H](N)C(=O)O)c(C)c2c1OC(C)(C)CC2. The molecular weight excluding hydrogens is 406 g/mol. The molecule has 0 aliphatic carbocycles. The van der Waals surface area contributed by atoms with E-state index in [4.69, 9.17) is 21.3 Å². The molecule has 1 aliphatic heterocycles. The lowest BCUT2D eigenvalue weighted by Crippen LogP contribution is -2.34. The third-order valence-corrected chi connectivity index (χ3v) is 7.53. The highest BCUT2D eigenvalue weighted by molar-refractivity contribution is 7.92. The summed E-state index contributed by atoms with van der Waals surface area (Å²) in [5.74, 6) is -0.665. The topological polar surface area (TPSA) is 145 Å². The zero-order valence-corrected chi connectivity index (χ0v) is 19.2. The Labute approximate surface area is 178 Å². The highest BCUT2D eigenvalue weighted by Gasteiger charge is 2.33. The lowest BCUT2D eigenvalue weighted by Gasteiger charge is -2.35. The van der Waals surface area contributed by atoms with Gasteiger partial charge in [0.25, 0.3) is 0 Å². The molecule has 8 nitrogen and oxygen atoms in total. The number of ether oxygens (including phenoxy) is 1. The van der Waals surface area contributed by atoms with Crippen LogP contribution in [0.5, 0.6) is 5.75 Å². The first-order valence-corrected chi connectivity index (χ1v) is 11.7. The van der Waals surface area contributed by atoms with Gasteiger partial charge in [-0.25, -0.2) is 8.42 Å². The summed E-state index contributed by atoms with van der Waals surface area (Å²) in [4.78, 5) is 15.1. The summed E-state index contributed by atoms with van der Waals surface area (Å²) in [5, 5.41) is 8.78. The fourth-order valence-corrected chi connectivity index (χ4v) is 5.62. The Morgan fingerprint density at radius 2 is 1.87 bits per heavy atom. The second kappa shape index (κ2) is 8.93. The number of amidine groups is 1. The van der Waals surface area contributed by atoms with Crippen molar-refractivity contribution in [3.63, 3.8) is 0 Å². The van der Waals surface area contributed by atoms with Crippen LogP contribution in [0.2, 0.25) is 0 Å². The van der Waals surface area contributed by atoms with Crippen molar-refractivity contribution in [1.29, 1.82) is 0 Å². The van der Waals surface area contributed by atoms with E-state index in [1.165, 1.54) is 0 Å². The summed E-state index contributed by atoms with van der Waals surface area (Å²) >= 11 is 0. The number of carboxylic acids is 1. The number of hydrogen-bond donors (Lipinski definition) is 3. The Morgan fingerprint density at radius 1 is 1.23 bits per heavy atom. The number of fused-ring (bicyclic) bond motifs is 1. The van der Waals surface area contributed by atoms with Crippen molar-refractivity contribution in [2.45, 2.75) is 76.8 Å². The van der Waals surface area contributed by atoms with Crippen LogP contribution < -0.4 is 16.2 Å². The monoisotopic (exact) mass is 439 g/mol. The van der Waals surface area contributed by atoms with Gasteiger partial charge in [-0.2, -0.15) is 0 Å². The van der Waals surface area contributed by atoms with Gasteiger partial charge < -0.3 is 21.3 Å². The van der Waals surface area contributed by atoms with Crippen LogP contribution in [0.3, 0.4) is 0 Å². The van der Waals surface area contributed by atoms with E-state index in [9.17, 15) is 13.2 Å². The molecule has 0 aromatic heterocycles. The van der Waals surface area contributed by atoms with E-state index in [-0.39, 0.29) is 30.2 Å². The fourth-order valence-electron chi connectivity index (χ4n) is 3.78. The van der Waals surface area contributed by atoms with Gasteiger partial charge in [-0.1, -0.05) is 0 Å². The first-order valence-electron chi connectivity index (χ1n) is 10.1. The number of nitrogens with zero attached hydrogens (tertiary/aromatic N) is 1. The zero-order valence-electron chi connectivity index (χ0n) is 18.4. The van der Waals surface area contributed by atoms with Crippen molar-refractivity contribution in [1.82, 2.24) is 0 Å². The van der Waals surface area contributed by atoms with Crippen molar-refractivity contribution in [3.05, 3.63) is 22.3 Å². The Hall–Kier alpha value is -2.13. The van der Waals surface area contributed by atoms with E-state index in [1.807, 2.05) is 27.7 Å². The number of rotatable bonds is 8. The van der Waals surface area contributed by atoms with Crippen LogP contribution in [-0.4, -0.2) is 49.3 Å². The molecule has 0 saturated carbocycles. The minimum absolute atomic E-state index is 0.00505.